The molecule has 0 fully saturated rings. The molecule has 4 heteroatoms. The van der Waals surface area contributed by atoms with Crippen LogP contribution in [0.4, 0.5) is 11.4 Å². The number of aromatic nitrogens is 2. The Bertz CT molecular complexity index is 621. The molecule has 2 aromatic heterocycles. The fourth-order valence-electron chi connectivity index (χ4n) is 2.36. The minimum Gasteiger partial charge on any atom is -0.257 e. The third-order valence-electron chi connectivity index (χ3n) is 3.63. The van der Waals surface area contributed by atoms with Crippen molar-refractivity contribution < 1.29 is 9.13 Å². The van der Waals surface area contributed by atoms with Gasteiger partial charge in [-0.15, -0.1) is 0 Å². The summed E-state index contributed by atoms with van der Waals surface area (Å²) >= 11 is 0. The van der Waals surface area contributed by atoms with E-state index in [0.717, 1.165) is 42.3 Å². The molecule has 120 valence electrons. The fraction of sp³-hybridized carbons (Fsp3) is 0.368. The largest absolute Gasteiger partial charge is 0.257 e. The molecule has 23 heavy (non-hydrogen) atoms. The van der Waals surface area contributed by atoms with Crippen molar-refractivity contribution in [1.29, 1.82) is 0 Å². The first-order valence-electron chi connectivity index (χ1n) is 8.17. The first-order valence-corrected chi connectivity index (χ1v) is 8.17. The van der Waals surface area contributed by atoms with Gasteiger partial charge in [-0.1, -0.05) is 0 Å². The molecule has 2 heterocycles. The molecule has 4 nitrogen and oxygen atoms in total. The van der Waals surface area contributed by atoms with E-state index in [1.54, 1.807) is 0 Å². The Morgan fingerprint density at radius 1 is 0.739 bits per heavy atom. The van der Waals surface area contributed by atoms with Crippen molar-refractivity contribution in [1.82, 2.24) is 0 Å². The molecule has 0 aliphatic carbocycles. The molecule has 0 bridgehead atoms. The Morgan fingerprint density at radius 3 is 1.39 bits per heavy atom. The van der Waals surface area contributed by atoms with Gasteiger partial charge >= 0.3 is 0 Å². The molecule has 0 aliphatic heterocycles. The minimum atomic E-state index is 0.783. The molecule has 0 saturated heterocycles. The summed E-state index contributed by atoms with van der Waals surface area (Å²) < 4.78 is 4.25. The van der Waals surface area contributed by atoms with Gasteiger partial charge in [0.15, 0.2) is 24.8 Å². The van der Waals surface area contributed by atoms with Crippen LogP contribution >= 0.6 is 0 Å². The average molecular weight is 310 g/mol. The van der Waals surface area contributed by atoms with Crippen LogP contribution < -0.4 is 9.13 Å². The van der Waals surface area contributed by atoms with E-state index in [1.807, 2.05) is 24.3 Å². The van der Waals surface area contributed by atoms with Gasteiger partial charge in [0.25, 0.3) is 0 Å². The van der Waals surface area contributed by atoms with Gasteiger partial charge in [-0.05, 0) is 27.7 Å². The lowest BCUT2D eigenvalue weighted by Gasteiger charge is -2.02. The summed E-state index contributed by atoms with van der Waals surface area (Å²) in [5.74, 6) is 0. The number of aryl methyl sites for hydroxylation is 2. The Kier molecular flexibility index (Phi) is 6.15. The Hall–Kier alpha value is -2.36. The van der Waals surface area contributed by atoms with Crippen LogP contribution in [0, 0.1) is 0 Å². The Labute approximate surface area is 138 Å². The van der Waals surface area contributed by atoms with Crippen LogP contribution in [0.1, 0.15) is 34.1 Å². The third-order valence-corrected chi connectivity index (χ3v) is 3.63. The van der Waals surface area contributed by atoms with Crippen LogP contribution in [-0.2, 0) is 13.1 Å². The lowest BCUT2D eigenvalue weighted by atomic mass is 10.2. The van der Waals surface area contributed by atoms with E-state index >= 15 is 0 Å². The van der Waals surface area contributed by atoms with Crippen LogP contribution in [0.15, 0.2) is 59.0 Å². The van der Waals surface area contributed by atoms with Gasteiger partial charge in [0.2, 0.25) is 0 Å². The zero-order valence-corrected chi connectivity index (χ0v) is 14.5. The van der Waals surface area contributed by atoms with Crippen molar-refractivity contribution >= 4 is 22.8 Å². The second-order valence-electron chi connectivity index (χ2n) is 5.64. The maximum Gasteiger partial charge on any atom is 0.170 e. The summed E-state index contributed by atoms with van der Waals surface area (Å²) in [7, 11) is 0. The maximum absolute atomic E-state index is 4.66. The highest BCUT2D eigenvalue weighted by Crippen LogP contribution is 2.12. The summed E-state index contributed by atoms with van der Waals surface area (Å²) in [5.41, 5.74) is 4.12. The highest BCUT2D eigenvalue weighted by atomic mass is 14.9. The second kappa shape index (κ2) is 8.32. The molecule has 0 unspecified atom stereocenters. The third kappa shape index (κ3) is 5.40. The number of nitrogens with zero attached hydrogens (tertiary/aromatic N) is 4. The van der Waals surface area contributed by atoms with Crippen molar-refractivity contribution in [2.24, 2.45) is 9.98 Å². The van der Waals surface area contributed by atoms with Crippen LogP contribution in [0.2, 0.25) is 0 Å². The lowest BCUT2D eigenvalue weighted by Crippen LogP contribution is -2.30. The number of rotatable bonds is 6. The first-order chi connectivity index (χ1) is 11.1. The molecule has 2 rings (SSSR count). The summed E-state index contributed by atoms with van der Waals surface area (Å²) in [4.78, 5) is 9.32. The van der Waals surface area contributed by atoms with Gasteiger partial charge in [0, 0.05) is 42.1 Å². The van der Waals surface area contributed by atoms with E-state index in [-0.39, 0.29) is 0 Å². The minimum absolute atomic E-state index is 0.783. The standard InChI is InChI=1S/C19H26N4/c1-5-22-11-7-18(8-12-22)20-16(3)15-17(4)21-19-9-13-23(6-2)14-10-19/h7-14H,5-6,15H2,1-4H3/q+2. The number of pyridine rings is 2. The Morgan fingerprint density at radius 2 is 1.09 bits per heavy atom. The number of hydrogen-bond donors (Lipinski definition) is 0. The van der Waals surface area contributed by atoms with E-state index in [9.17, 15) is 0 Å². The first kappa shape index (κ1) is 17.0. The normalized spacial score (nSPS) is 12.5. The zero-order valence-electron chi connectivity index (χ0n) is 14.5. The van der Waals surface area contributed by atoms with E-state index in [1.165, 1.54) is 0 Å². The van der Waals surface area contributed by atoms with Gasteiger partial charge < -0.3 is 0 Å². The lowest BCUT2D eigenvalue weighted by molar-refractivity contribution is -0.693. The summed E-state index contributed by atoms with van der Waals surface area (Å²) in [5, 5.41) is 0. The highest BCUT2D eigenvalue weighted by molar-refractivity contribution is 6.03. The molecular weight excluding hydrogens is 284 g/mol. The van der Waals surface area contributed by atoms with Crippen LogP contribution in [0.25, 0.3) is 0 Å². The van der Waals surface area contributed by atoms with Crippen molar-refractivity contribution in [3.8, 4) is 0 Å². The molecule has 0 N–H and O–H groups in total. The van der Waals surface area contributed by atoms with Gasteiger partial charge in [-0.3, -0.25) is 9.98 Å². The molecule has 2 aromatic rings. The predicted octanol–water partition coefficient (Wildman–Crippen LogP) is 3.58. The van der Waals surface area contributed by atoms with E-state index in [4.69, 9.17) is 0 Å². The van der Waals surface area contributed by atoms with E-state index in [2.05, 4.69) is 71.6 Å². The van der Waals surface area contributed by atoms with Crippen molar-refractivity contribution in [3.63, 3.8) is 0 Å². The molecule has 0 spiro atoms. The number of aliphatic imine (C=N–C) groups is 2. The molecule has 0 amide bonds. The number of hydrogen-bond acceptors (Lipinski definition) is 2. The molecule has 0 aliphatic rings. The molecule has 0 radical (unpaired) electrons. The van der Waals surface area contributed by atoms with Gasteiger partial charge in [-0.2, -0.15) is 0 Å². The van der Waals surface area contributed by atoms with Crippen molar-refractivity contribution in [3.05, 3.63) is 49.1 Å². The van der Waals surface area contributed by atoms with E-state index < -0.39 is 0 Å². The van der Waals surface area contributed by atoms with Gasteiger partial charge in [-0.25, -0.2) is 9.13 Å². The van der Waals surface area contributed by atoms with Crippen molar-refractivity contribution in [2.45, 2.75) is 47.2 Å². The van der Waals surface area contributed by atoms with Gasteiger partial charge in [0.05, 0.1) is 11.4 Å². The SMILES string of the molecule is CC[n+]1ccc(N=C(C)CC(C)=Nc2cc[n+](CC)cc2)cc1. The maximum atomic E-state index is 4.66. The quantitative estimate of drug-likeness (QED) is 0.577. The zero-order chi connectivity index (χ0) is 16.7. The Balaban J connectivity index is 2.03. The molecule has 0 atom stereocenters. The smallest absolute Gasteiger partial charge is 0.170 e. The molecular formula is C19H26N4+2. The summed E-state index contributed by atoms with van der Waals surface area (Å²) in [6, 6.07) is 8.17. The monoisotopic (exact) mass is 310 g/mol. The topological polar surface area (TPSA) is 32.5 Å². The fourth-order valence-corrected chi connectivity index (χ4v) is 2.36. The molecule has 0 aromatic carbocycles. The van der Waals surface area contributed by atoms with Crippen LogP contribution in [0.3, 0.4) is 0 Å². The van der Waals surface area contributed by atoms with Crippen LogP contribution in [-0.4, -0.2) is 11.4 Å². The average Bonchev–Trinajstić information content (AvgIpc) is 2.56. The summed E-state index contributed by atoms with van der Waals surface area (Å²) in [6.07, 6.45) is 9.01. The van der Waals surface area contributed by atoms with Gasteiger partial charge in [0.1, 0.15) is 13.1 Å². The second-order valence-corrected chi connectivity index (χ2v) is 5.64. The summed E-state index contributed by atoms with van der Waals surface area (Å²) in [6.45, 7) is 10.3. The molecule has 0 saturated carbocycles. The van der Waals surface area contributed by atoms with Crippen molar-refractivity contribution in [2.75, 3.05) is 0 Å². The highest BCUT2D eigenvalue weighted by Gasteiger charge is 2.01. The van der Waals surface area contributed by atoms with E-state index in [0.29, 0.717) is 0 Å². The predicted molar refractivity (Wildman–Crippen MR) is 94.8 cm³/mol. The van der Waals surface area contributed by atoms with Crippen LogP contribution in [0.5, 0.6) is 0 Å².